The lowest BCUT2D eigenvalue weighted by atomic mass is 9.98. The fourth-order valence-corrected chi connectivity index (χ4v) is 5.08. The van der Waals surface area contributed by atoms with Crippen LogP contribution in [-0.2, 0) is 16.0 Å². The van der Waals surface area contributed by atoms with Crippen LogP contribution in [0.15, 0.2) is 65.6 Å². The summed E-state index contributed by atoms with van der Waals surface area (Å²) in [6.45, 7) is 2.60. The molecule has 196 valence electrons. The number of benzene rings is 3. The van der Waals surface area contributed by atoms with Gasteiger partial charge in [0.2, 0.25) is 0 Å². The maximum atomic E-state index is 13.9. The third kappa shape index (κ3) is 5.61. The minimum Gasteiger partial charge on any atom is -0.368 e. The van der Waals surface area contributed by atoms with Gasteiger partial charge in [0.1, 0.15) is 0 Å². The molecule has 37 heavy (non-hydrogen) atoms. The van der Waals surface area contributed by atoms with E-state index in [1.807, 2.05) is 4.90 Å². The Morgan fingerprint density at radius 2 is 1.51 bits per heavy atom. The molecule has 0 aliphatic carbocycles. The number of alkyl halides is 3. The Labute approximate surface area is 211 Å². The van der Waals surface area contributed by atoms with Crippen molar-refractivity contribution in [3.63, 3.8) is 0 Å². The first-order valence-corrected chi connectivity index (χ1v) is 13.1. The highest BCUT2D eigenvalue weighted by Gasteiger charge is 2.31. The van der Waals surface area contributed by atoms with Gasteiger partial charge in [-0.05, 0) is 59.7 Å². The fourth-order valence-electron chi connectivity index (χ4n) is 4.18. The molecule has 3 aromatic rings. The molecule has 0 bridgehead atoms. The lowest BCUT2D eigenvalue weighted by molar-refractivity contribution is -0.137. The van der Waals surface area contributed by atoms with Crippen LogP contribution in [0.1, 0.15) is 22.8 Å². The summed E-state index contributed by atoms with van der Waals surface area (Å²) in [7, 11) is -3.65. The van der Waals surface area contributed by atoms with Gasteiger partial charge in [0.05, 0.1) is 16.2 Å². The molecular formula is C26H23F5N2O3S. The maximum absolute atomic E-state index is 13.9. The summed E-state index contributed by atoms with van der Waals surface area (Å²) in [5, 5.41) is 0. The van der Waals surface area contributed by atoms with Gasteiger partial charge in [0, 0.05) is 37.4 Å². The highest BCUT2D eigenvalue weighted by molar-refractivity contribution is 7.91. The predicted molar refractivity (Wildman–Crippen MR) is 129 cm³/mol. The van der Waals surface area contributed by atoms with Gasteiger partial charge in [0.25, 0.3) is 5.91 Å². The van der Waals surface area contributed by atoms with Crippen LogP contribution in [0, 0.1) is 11.6 Å². The molecule has 0 radical (unpaired) electrons. The van der Waals surface area contributed by atoms with Gasteiger partial charge in [-0.25, -0.2) is 17.2 Å². The van der Waals surface area contributed by atoms with Crippen LogP contribution >= 0.6 is 0 Å². The fraction of sp³-hybridized carbons (Fsp3) is 0.269. The van der Waals surface area contributed by atoms with Gasteiger partial charge >= 0.3 is 6.18 Å². The maximum Gasteiger partial charge on any atom is 0.416 e. The Bertz CT molecular complexity index is 1420. The topological polar surface area (TPSA) is 57.7 Å². The van der Waals surface area contributed by atoms with E-state index in [4.69, 9.17) is 0 Å². The van der Waals surface area contributed by atoms with Gasteiger partial charge in [-0.1, -0.05) is 19.1 Å². The number of carbonyl (C=O) groups excluding carboxylic acids is 1. The lowest BCUT2D eigenvalue weighted by Gasteiger charge is -2.36. The Morgan fingerprint density at radius 3 is 2.08 bits per heavy atom. The third-order valence-electron chi connectivity index (χ3n) is 6.32. The second-order valence-corrected chi connectivity index (χ2v) is 10.8. The van der Waals surface area contributed by atoms with E-state index < -0.39 is 39.1 Å². The first-order chi connectivity index (χ1) is 17.4. The van der Waals surface area contributed by atoms with Crippen LogP contribution in [0.25, 0.3) is 11.1 Å². The van der Waals surface area contributed by atoms with Gasteiger partial charge in [-0.15, -0.1) is 0 Å². The molecular weight excluding hydrogens is 515 g/mol. The van der Waals surface area contributed by atoms with Crippen molar-refractivity contribution in [2.45, 2.75) is 18.0 Å². The van der Waals surface area contributed by atoms with E-state index in [-0.39, 0.29) is 40.4 Å². The average molecular weight is 539 g/mol. The lowest BCUT2D eigenvalue weighted by Crippen LogP contribution is -2.49. The van der Waals surface area contributed by atoms with Crippen LogP contribution in [0.4, 0.5) is 27.6 Å². The Hall–Kier alpha value is -3.47. The van der Waals surface area contributed by atoms with E-state index in [0.29, 0.717) is 18.8 Å². The number of piperazine rings is 1. The molecule has 0 unspecified atom stereocenters. The molecule has 0 saturated carbocycles. The molecule has 1 aliphatic rings. The van der Waals surface area contributed by atoms with E-state index in [2.05, 4.69) is 0 Å². The van der Waals surface area contributed by atoms with Crippen molar-refractivity contribution in [3.05, 3.63) is 83.4 Å². The monoisotopic (exact) mass is 538 g/mol. The molecule has 1 saturated heterocycles. The second kappa shape index (κ2) is 10.1. The largest absolute Gasteiger partial charge is 0.416 e. The molecule has 0 atom stereocenters. The number of halogens is 5. The van der Waals surface area contributed by atoms with Crippen molar-refractivity contribution in [2.24, 2.45) is 0 Å². The third-order valence-corrected chi connectivity index (χ3v) is 8.05. The van der Waals surface area contributed by atoms with Crippen LogP contribution in [-0.4, -0.2) is 51.2 Å². The number of hydrogen-bond donors (Lipinski definition) is 0. The zero-order valence-electron chi connectivity index (χ0n) is 19.7. The van der Waals surface area contributed by atoms with Crippen LogP contribution in [0.3, 0.4) is 0 Å². The summed E-state index contributed by atoms with van der Waals surface area (Å²) in [5.41, 5.74) is 0.328. The predicted octanol–water partition coefficient (Wildman–Crippen LogP) is 5.41. The second-order valence-electron chi connectivity index (χ2n) is 8.56. The highest BCUT2D eigenvalue weighted by Crippen LogP contribution is 2.32. The zero-order chi connectivity index (χ0) is 27.0. The summed E-state index contributed by atoms with van der Waals surface area (Å²) in [4.78, 5) is 16.8. The van der Waals surface area contributed by atoms with Crippen LogP contribution < -0.4 is 4.90 Å². The SMILES string of the molecule is CCS(=O)(=O)c1ccc(-c2ccc(F)c(F)c2)c(C(=O)N2CCN(c3ccc(C(F)(F)F)cc3)CC2)c1. The summed E-state index contributed by atoms with van der Waals surface area (Å²) in [5.74, 6) is -2.83. The molecule has 3 aromatic carbocycles. The van der Waals surface area contributed by atoms with Crippen molar-refractivity contribution in [1.29, 1.82) is 0 Å². The molecule has 1 heterocycles. The molecule has 0 N–H and O–H groups in total. The molecule has 4 rings (SSSR count). The number of rotatable bonds is 5. The highest BCUT2D eigenvalue weighted by atomic mass is 32.2. The first kappa shape index (κ1) is 26.6. The van der Waals surface area contributed by atoms with E-state index in [0.717, 1.165) is 24.3 Å². The minimum absolute atomic E-state index is 0.0310. The van der Waals surface area contributed by atoms with Gasteiger partial charge in [0.15, 0.2) is 21.5 Å². The molecule has 1 amide bonds. The standard InChI is InChI=1S/C26H23F5N2O3S/c1-2-37(35,36)20-8-9-21(17-3-10-23(27)24(28)15-17)22(16-20)25(34)33-13-11-32(12-14-33)19-6-4-18(5-7-19)26(29,30)31/h3-10,15-16H,2,11-14H2,1H3. The zero-order valence-corrected chi connectivity index (χ0v) is 20.5. The number of nitrogens with zero attached hydrogens (tertiary/aromatic N) is 2. The minimum atomic E-state index is -4.44. The molecule has 1 fully saturated rings. The Balaban J connectivity index is 1.60. The first-order valence-electron chi connectivity index (χ1n) is 11.4. The normalized spacial score (nSPS) is 14.6. The molecule has 0 aromatic heterocycles. The number of amides is 1. The Morgan fingerprint density at radius 1 is 0.865 bits per heavy atom. The number of anilines is 1. The van der Waals surface area contributed by atoms with Crippen LogP contribution in [0.2, 0.25) is 0 Å². The summed E-state index contributed by atoms with van der Waals surface area (Å²) in [6, 6.07) is 11.9. The number of sulfone groups is 1. The summed E-state index contributed by atoms with van der Waals surface area (Å²) >= 11 is 0. The average Bonchev–Trinajstić information content (AvgIpc) is 2.89. The van der Waals surface area contributed by atoms with E-state index in [9.17, 15) is 35.2 Å². The Kier molecular flexibility index (Phi) is 7.27. The summed E-state index contributed by atoms with van der Waals surface area (Å²) < 4.78 is 90.9. The van der Waals surface area contributed by atoms with Crippen molar-refractivity contribution >= 4 is 21.4 Å². The molecule has 0 spiro atoms. The molecule has 1 aliphatic heterocycles. The van der Waals surface area contributed by atoms with Gasteiger partial charge in [-0.3, -0.25) is 4.79 Å². The molecule has 11 heteroatoms. The van der Waals surface area contributed by atoms with Crippen molar-refractivity contribution in [3.8, 4) is 11.1 Å². The quantitative estimate of drug-likeness (QED) is 0.408. The van der Waals surface area contributed by atoms with Crippen molar-refractivity contribution in [2.75, 3.05) is 36.8 Å². The van der Waals surface area contributed by atoms with E-state index in [1.54, 1.807) is 0 Å². The molecule has 5 nitrogen and oxygen atoms in total. The van der Waals surface area contributed by atoms with E-state index in [1.165, 1.54) is 48.2 Å². The smallest absolute Gasteiger partial charge is 0.368 e. The van der Waals surface area contributed by atoms with Crippen LogP contribution in [0.5, 0.6) is 0 Å². The van der Waals surface area contributed by atoms with Crippen molar-refractivity contribution in [1.82, 2.24) is 4.90 Å². The number of carbonyl (C=O) groups is 1. The number of hydrogen-bond acceptors (Lipinski definition) is 4. The van der Waals surface area contributed by atoms with E-state index >= 15 is 0 Å². The van der Waals surface area contributed by atoms with Gasteiger partial charge < -0.3 is 9.80 Å². The van der Waals surface area contributed by atoms with Crippen molar-refractivity contribution < 1.29 is 35.2 Å². The van der Waals surface area contributed by atoms with Gasteiger partial charge in [-0.2, -0.15) is 13.2 Å². The summed E-state index contributed by atoms with van der Waals surface area (Å²) in [6.07, 6.45) is -4.44.